The number of H-pyrrole nitrogens is 1. The minimum atomic E-state index is -1.01. The predicted molar refractivity (Wildman–Crippen MR) is 103 cm³/mol. The van der Waals surface area contributed by atoms with Crippen molar-refractivity contribution < 1.29 is 14.0 Å². The maximum Gasteiger partial charge on any atom is 0.261 e. The monoisotopic (exact) mass is 392 g/mol. The van der Waals surface area contributed by atoms with Gasteiger partial charge in [-0.2, -0.15) is 0 Å². The first-order valence-electron chi connectivity index (χ1n) is 9.02. The molecule has 1 aliphatic rings. The van der Waals surface area contributed by atoms with E-state index in [2.05, 4.69) is 15.3 Å². The van der Waals surface area contributed by atoms with Crippen LogP contribution in [0.1, 0.15) is 22.0 Å². The summed E-state index contributed by atoms with van der Waals surface area (Å²) < 4.78 is 13.7. The number of halogens is 1. The Balaban J connectivity index is 1.69. The number of nitrogens with one attached hydrogen (secondary N) is 2. The van der Waals surface area contributed by atoms with Gasteiger partial charge < -0.3 is 15.2 Å². The summed E-state index contributed by atoms with van der Waals surface area (Å²) in [7, 11) is 0. The van der Waals surface area contributed by atoms with E-state index in [1.807, 2.05) is 0 Å². The van der Waals surface area contributed by atoms with Crippen molar-refractivity contribution in [1.82, 2.24) is 20.2 Å². The highest BCUT2D eigenvalue weighted by Crippen LogP contribution is 2.25. The van der Waals surface area contributed by atoms with Gasteiger partial charge in [-0.15, -0.1) is 0 Å². The van der Waals surface area contributed by atoms with E-state index in [4.69, 9.17) is 0 Å². The summed E-state index contributed by atoms with van der Waals surface area (Å²) in [6, 6.07) is 11.1. The zero-order valence-electron chi connectivity index (χ0n) is 15.3. The van der Waals surface area contributed by atoms with E-state index >= 15 is 0 Å². The molecule has 0 radical (unpaired) electrons. The van der Waals surface area contributed by atoms with Crippen LogP contribution in [0.3, 0.4) is 0 Å². The SMILES string of the molecule is O=C1NCCN(C(=O)c2ccc(-c3ccncc3)[nH]c2=O)[C@H]1c1cccc(F)c1. The third-order valence-corrected chi connectivity index (χ3v) is 4.77. The van der Waals surface area contributed by atoms with Crippen LogP contribution in [0.5, 0.6) is 0 Å². The number of carbonyl (C=O) groups is 2. The molecule has 0 unspecified atom stereocenters. The number of hydrogen-bond donors (Lipinski definition) is 2. The Hall–Kier alpha value is -3.81. The van der Waals surface area contributed by atoms with Crippen LogP contribution >= 0.6 is 0 Å². The third-order valence-electron chi connectivity index (χ3n) is 4.77. The molecule has 7 nitrogen and oxygen atoms in total. The molecule has 146 valence electrons. The standard InChI is InChI=1S/C21H17FN4O3/c22-15-3-1-2-14(12-15)18-20(28)24-10-11-26(18)21(29)16-4-5-17(25-19(16)27)13-6-8-23-9-7-13/h1-9,12,18H,10-11H2,(H,24,28)(H,25,27)/t18-/m0/s1. The topological polar surface area (TPSA) is 95.2 Å². The van der Waals surface area contributed by atoms with Gasteiger partial charge >= 0.3 is 0 Å². The predicted octanol–water partition coefficient (Wildman–Crippen LogP) is 1.89. The molecule has 0 saturated carbocycles. The Morgan fingerprint density at radius 1 is 1.10 bits per heavy atom. The van der Waals surface area contributed by atoms with E-state index in [9.17, 15) is 18.8 Å². The van der Waals surface area contributed by atoms with Crippen molar-refractivity contribution >= 4 is 11.8 Å². The van der Waals surface area contributed by atoms with Gasteiger partial charge in [0.2, 0.25) is 5.91 Å². The van der Waals surface area contributed by atoms with Crippen LogP contribution in [-0.2, 0) is 4.79 Å². The normalized spacial score (nSPS) is 16.4. The molecule has 1 saturated heterocycles. The molecule has 3 heterocycles. The van der Waals surface area contributed by atoms with E-state index in [1.54, 1.807) is 36.7 Å². The van der Waals surface area contributed by atoms with Gasteiger partial charge in [0.15, 0.2) is 0 Å². The summed E-state index contributed by atoms with van der Waals surface area (Å²) in [5.74, 6) is -1.51. The fraction of sp³-hybridized carbons (Fsp3) is 0.143. The number of piperazine rings is 1. The lowest BCUT2D eigenvalue weighted by atomic mass is 10.0. The van der Waals surface area contributed by atoms with Gasteiger partial charge in [-0.05, 0) is 42.0 Å². The fourth-order valence-corrected chi connectivity index (χ4v) is 3.39. The van der Waals surface area contributed by atoms with Gasteiger partial charge in [-0.1, -0.05) is 12.1 Å². The average Bonchev–Trinajstić information content (AvgIpc) is 2.73. The molecule has 1 atom stereocenters. The molecule has 2 amide bonds. The molecule has 4 rings (SSSR count). The van der Waals surface area contributed by atoms with E-state index in [0.29, 0.717) is 11.3 Å². The molecular formula is C21H17FN4O3. The summed E-state index contributed by atoms with van der Waals surface area (Å²) in [5.41, 5.74) is 1.01. The van der Waals surface area contributed by atoms with E-state index < -0.39 is 29.2 Å². The van der Waals surface area contributed by atoms with Gasteiger partial charge in [0.25, 0.3) is 11.5 Å². The van der Waals surface area contributed by atoms with E-state index in [0.717, 1.165) is 5.56 Å². The second-order valence-electron chi connectivity index (χ2n) is 6.60. The molecule has 1 aromatic carbocycles. The number of pyridine rings is 2. The summed E-state index contributed by atoms with van der Waals surface area (Å²) in [4.78, 5) is 46.1. The highest BCUT2D eigenvalue weighted by atomic mass is 19.1. The van der Waals surface area contributed by atoms with Crippen LogP contribution in [0.4, 0.5) is 4.39 Å². The number of aromatic nitrogens is 2. The number of aromatic amines is 1. The van der Waals surface area contributed by atoms with Crippen LogP contribution in [-0.4, -0.2) is 39.8 Å². The third kappa shape index (κ3) is 3.64. The van der Waals surface area contributed by atoms with Gasteiger partial charge in [0.05, 0.1) is 0 Å². The molecule has 1 aliphatic heterocycles. The van der Waals surface area contributed by atoms with Crippen LogP contribution in [0.25, 0.3) is 11.3 Å². The summed E-state index contributed by atoms with van der Waals surface area (Å²) in [6.45, 7) is 0.459. The van der Waals surface area contributed by atoms with Crippen molar-refractivity contribution in [2.75, 3.05) is 13.1 Å². The minimum Gasteiger partial charge on any atom is -0.352 e. The minimum absolute atomic E-state index is 0.0843. The van der Waals surface area contributed by atoms with Gasteiger partial charge in [0, 0.05) is 36.7 Å². The first-order chi connectivity index (χ1) is 14.0. The number of amides is 2. The molecule has 2 N–H and O–H groups in total. The molecular weight excluding hydrogens is 375 g/mol. The fourth-order valence-electron chi connectivity index (χ4n) is 3.39. The van der Waals surface area contributed by atoms with Crippen molar-refractivity contribution in [1.29, 1.82) is 0 Å². The molecule has 29 heavy (non-hydrogen) atoms. The number of carbonyl (C=O) groups excluding carboxylic acids is 2. The van der Waals surface area contributed by atoms with Crippen molar-refractivity contribution in [2.24, 2.45) is 0 Å². The van der Waals surface area contributed by atoms with Crippen molar-refractivity contribution in [2.45, 2.75) is 6.04 Å². The van der Waals surface area contributed by atoms with Crippen LogP contribution in [0.15, 0.2) is 65.7 Å². The Kier molecular flexibility index (Phi) is 4.90. The summed E-state index contributed by atoms with van der Waals surface area (Å²) in [6.07, 6.45) is 3.20. The smallest absolute Gasteiger partial charge is 0.261 e. The van der Waals surface area contributed by atoms with Gasteiger partial charge in [-0.25, -0.2) is 4.39 Å². The Morgan fingerprint density at radius 3 is 2.62 bits per heavy atom. The lowest BCUT2D eigenvalue weighted by molar-refractivity contribution is -0.128. The highest BCUT2D eigenvalue weighted by molar-refractivity contribution is 5.98. The lowest BCUT2D eigenvalue weighted by Crippen LogP contribution is -2.52. The summed E-state index contributed by atoms with van der Waals surface area (Å²) >= 11 is 0. The molecule has 0 aliphatic carbocycles. The molecule has 8 heteroatoms. The molecule has 0 spiro atoms. The largest absolute Gasteiger partial charge is 0.352 e. The molecule has 3 aromatic rings. The Morgan fingerprint density at radius 2 is 1.90 bits per heavy atom. The maximum atomic E-state index is 13.7. The number of rotatable bonds is 3. The molecule has 1 fully saturated rings. The van der Waals surface area contributed by atoms with Crippen LogP contribution in [0.2, 0.25) is 0 Å². The average molecular weight is 392 g/mol. The summed E-state index contributed by atoms with van der Waals surface area (Å²) in [5, 5.41) is 2.68. The van der Waals surface area contributed by atoms with Crippen LogP contribution in [0, 0.1) is 5.82 Å². The second kappa shape index (κ2) is 7.67. The van der Waals surface area contributed by atoms with Gasteiger partial charge in [-0.3, -0.25) is 19.4 Å². The Labute approximate surface area is 165 Å². The quantitative estimate of drug-likeness (QED) is 0.712. The molecule has 0 bridgehead atoms. The Bertz CT molecular complexity index is 1130. The zero-order chi connectivity index (χ0) is 20.4. The zero-order valence-corrected chi connectivity index (χ0v) is 15.3. The lowest BCUT2D eigenvalue weighted by Gasteiger charge is -2.35. The number of hydrogen-bond acceptors (Lipinski definition) is 4. The van der Waals surface area contributed by atoms with Crippen molar-refractivity contribution in [3.63, 3.8) is 0 Å². The van der Waals surface area contributed by atoms with Crippen molar-refractivity contribution in [3.8, 4) is 11.3 Å². The van der Waals surface area contributed by atoms with Crippen molar-refractivity contribution in [3.05, 3.63) is 88.2 Å². The van der Waals surface area contributed by atoms with Gasteiger partial charge in [0.1, 0.15) is 17.4 Å². The number of benzene rings is 1. The first kappa shape index (κ1) is 18.5. The second-order valence-corrected chi connectivity index (χ2v) is 6.60. The highest BCUT2D eigenvalue weighted by Gasteiger charge is 2.35. The van der Waals surface area contributed by atoms with Crippen LogP contribution < -0.4 is 10.9 Å². The first-order valence-corrected chi connectivity index (χ1v) is 9.02. The number of nitrogens with zero attached hydrogens (tertiary/aromatic N) is 2. The van der Waals surface area contributed by atoms with E-state index in [-0.39, 0.29) is 18.7 Å². The van der Waals surface area contributed by atoms with E-state index in [1.165, 1.54) is 29.2 Å². The molecule has 2 aromatic heterocycles. The maximum absolute atomic E-state index is 13.7.